The molecule has 0 bridgehead atoms. The molecular weight excluding hydrogens is 282 g/mol. The molecule has 0 atom stereocenters. The van der Waals surface area contributed by atoms with Crippen LogP contribution in [0.25, 0.3) is 10.6 Å². The lowest BCUT2D eigenvalue weighted by Gasteiger charge is -2.02. The maximum absolute atomic E-state index is 11.5. The van der Waals surface area contributed by atoms with Crippen molar-refractivity contribution in [3.8, 4) is 16.3 Å². The smallest absolute Gasteiger partial charge is 0.335 e. The normalized spacial score (nSPS) is 11.0. The SMILES string of the molecule is CC/C=C/C(=O)Oc1ccc(-c2ncc(CCC)s2)cc1. The highest BCUT2D eigenvalue weighted by Crippen LogP contribution is 2.27. The van der Waals surface area contributed by atoms with Crippen molar-refractivity contribution in [1.82, 2.24) is 4.98 Å². The average molecular weight is 301 g/mol. The lowest BCUT2D eigenvalue weighted by molar-refractivity contribution is -0.129. The monoisotopic (exact) mass is 301 g/mol. The van der Waals surface area contributed by atoms with Crippen LogP contribution < -0.4 is 4.74 Å². The van der Waals surface area contributed by atoms with Gasteiger partial charge in [-0.3, -0.25) is 0 Å². The zero-order valence-corrected chi connectivity index (χ0v) is 13.2. The highest BCUT2D eigenvalue weighted by Gasteiger charge is 2.06. The van der Waals surface area contributed by atoms with Crippen molar-refractivity contribution >= 4 is 17.3 Å². The van der Waals surface area contributed by atoms with Crippen molar-refractivity contribution in [1.29, 1.82) is 0 Å². The number of hydrogen-bond donors (Lipinski definition) is 0. The third-order valence-corrected chi connectivity index (χ3v) is 3.97. The van der Waals surface area contributed by atoms with Crippen LogP contribution in [0.3, 0.4) is 0 Å². The van der Waals surface area contributed by atoms with E-state index in [1.807, 2.05) is 25.3 Å². The van der Waals surface area contributed by atoms with Gasteiger partial charge in [-0.15, -0.1) is 11.3 Å². The number of carbonyl (C=O) groups is 1. The Morgan fingerprint density at radius 1 is 1.29 bits per heavy atom. The predicted molar refractivity (Wildman–Crippen MR) is 86.6 cm³/mol. The molecule has 2 rings (SSSR count). The Morgan fingerprint density at radius 3 is 2.71 bits per heavy atom. The Hall–Kier alpha value is -1.94. The second-order valence-corrected chi connectivity index (χ2v) is 5.75. The lowest BCUT2D eigenvalue weighted by Crippen LogP contribution is -2.03. The first-order valence-corrected chi connectivity index (χ1v) is 7.98. The van der Waals surface area contributed by atoms with Crippen molar-refractivity contribution in [2.45, 2.75) is 33.1 Å². The molecule has 4 heteroatoms. The largest absolute Gasteiger partial charge is 0.423 e. The van der Waals surface area contributed by atoms with Gasteiger partial charge in [0.1, 0.15) is 10.8 Å². The molecule has 0 radical (unpaired) electrons. The number of aryl methyl sites for hydroxylation is 1. The summed E-state index contributed by atoms with van der Waals surface area (Å²) in [6.07, 6.45) is 8.18. The topological polar surface area (TPSA) is 39.2 Å². The van der Waals surface area contributed by atoms with Crippen LogP contribution in [0.4, 0.5) is 0 Å². The number of rotatable bonds is 6. The summed E-state index contributed by atoms with van der Waals surface area (Å²) in [5.41, 5.74) is 1.05. The van der Waals surface area contributed by atoms with Crippen LogP contribution >= 0.6 is 11.3 Å². The number of carbonyl (C=O) groups excluding carboxylic acids is 1. The molecule has 0 aliphatic heterocycles. The number of nitrogens with zero attached hydrogens (tertiary/aromatic N) is 1. The van der Waals surface area contributed by atoms with Gasteiger partial charge in [0.15, 0.2) is 0 Å². The lowest BCUT2D eigenvalue weighted by atomic mass is 10.2. The van der Waals surface area contributed by atoms with E-state index in [-0.39, 0.29) is 5.97 Å². The number of aromatic nitrogens is 1. The molecule has 0 aliphatic carbocycles. The third kappa shape index (κ3) is 4.53. The summed E-state index contributed by atoms with van der Waals surface area (Å²) in [6, 6.07) is 7.46. The molecule has 1 aromatic carbocycles. The fourth-order valence-electron chi connectivity index (χ4n) is 1.83. The summed E-state index contributed by atoms with van der Waals surface area (Å²) in [5, 5.41) is 1.00. The van der Waals surface area contributed by atoms with E-state index in [4.69, 9.17) is 4.74 Å². The van der Waals surface area contributed by atoms with Gasteiger partial charge >= 0.3 is 5.97 Å². The van der Waals surface area contributed by atoms with Crippen LogP contribution in [0.5, 0.6) is 5.75 Å². The minimum absolute atomic E-state index is 0.343. The van der Waals surface area contributed by atoms with Crippen molar-refractivity contribution < 1.29 is 9.53 Å². The Bertz CT molecular complexity index is 614. The second-order valence-electron chi connectivity index (χ2n) is 4.64. The van der Waals surface area contributed by atoms with E-state index < -0.39 is 0 Å². The molecule has 0 saturated heterocycles. The van der Waals surface area contributed by atoms with Crippen LogP contribution in [0.1, 0.15) is 31.6 Å². The van der Waals surface area contributed by atoms with Crippen molar-refractivity contribution in [2.24, 2.45) is 0 Å². The minimum Gasteiger partial charge on any atom is -0.423 e. The summed E-state index contributed by atoms with van der Waals surface area (Å²) in [6.45, 7) is 4.13. The molecule has 110 valence electrons. The van der Waals surface area contributed by atoms with E-state index in [1.54, 1.807) is 29.5 Å². The van der Waals surface area contributed by atoms with Gasteiger partial charge < -0.3 is 4.74 Å². The molecule has 0 N–H and O–H groups in total. The molecule has 0 unspecified atom stereocenters. The van der Waals surface area contributed by atoms with Gasteiger partial charge in [0.2, 0.25) is 0 Å². The zero-order chi connectivity index (χ0) is 15.1. The maximum atomic E-state index is 11.5. The molecule has 0 saturated carbocycles. The second kappa shape index (κ2) is 7.74. The van der Waals surface area contributed by atoms with Gasteiger partial charge in [-0.1, -0.05) is 26.3 Å². The highest BCUT2D eigenvalue weighted by atomic mass is 32.1. The molecule has 0 amide bonds. The van der Waals surface area contributed by atoms with E-state index >= 15 is 0 Å². The summed E-state index contributed by atoms with van der Waals surface area (Å²) < 4.78 is 5.21. The first kappa shape index (κ1) is 15.4. The van der Waals surface area contributed by atoms with Gasteiger partial charge in [0, 0.05) is 22.7 Å². The Morgan fingerprint density at radius 2 is 2.05 bits per heavy atom. The molecule has 21 heavy (non-hydrogen) atoms. The third-order valence-electron chi connectivity index (χ3n) is 2.86. The van der Waals surface area contributed by atoms with Gasteiger partial charge in [0.25, 0.3) is 0 Å². The highest BCUT2D eigenvalue weighted by molar-refractivity contribution is 7.15. The van der Waals surface area contributed by atoms with Crippen molar-refractivity contribution in [3.63, 3.8) is 0 Å². The molecule has 3 nitrogen and oxygen atoms in total. The Labute approximate surface area is 129 Å². The van der Waals surface area contributed by atoms with Crippen molar-refractivity contribution in [3.05, 3.63) is 47.5 Å². The van der Waals surface area contributed by atoms with E-state index in [0.717, 1.165) is 29.8 Å². The molecule has 2 aromatic rings. The van der Waals surface area contributed by atoms with E-state index in [2.05, 4.69) is 11.9 Å². The van der Waals surface area contributed by atoms with Crippen LogP contribution in [-0.4, -0.2) is 11.0 Å². The van der Waals surface area contributed by atoms with Gasteiger partial charge in [-0.25, -0.2) is 9.78 Å². The molecular formula is C17H19NO2S. The number of esters is 1. The minimum atomic E-state index is -0.343. The van der Waals surface area contributed by atoms with E-state index in [0.29, 0.717) is 5.75 Å². The van der Waals surface area contributed by atoms with Crippen LogP contribution in [0.2, 0.25) is 0 Å². The van der Waals surface area contributed by atoms with Gasteiger partial charge in [-0.05, 0) is 37.1 Å². The summed E-state index contributed by atoms with van der Waals surface area (Å²) in [5.74, 6) is 0.207. The molecule has 1 heterocycles. The number of thiazole rings is 1. The average Bonchev–Trinajstić information content (AvgIpc) is 2.95. The number of benzene rings is 1. The number of hydrogen-bond acceptors (Lipinski definition) is 4. The summed E-state index contributed by atoms with van der Waals surface area (Å²) in [4.78, 5) is 17.2. The van der Waals surface area contributed by atoms with Gasteiger partial charge in [-0.2, -0.15) is 0 Å². The Kier molecular flexibility index (Phi) is 5.69. The predicted octanol–water partition coefficient (Wildman–Crippen LogP) is 4.63. The standard InChI is InChI=1S/C17H19NO2S/c1-3-5-7-16(19)20-14-10-8-13(9-11-14)17-18-12-15(21-17)6-4-2/h5,7-12H,3-4,6H2,1-2H3/b7-5+. The summed E-state index contributed by atoms with van der Waals surface area (Å²) in [7, 11) is 0. The maximum Gasteiger partial charge on any atom is 0.335 e. The molecule has 1 aromatic heterocycles. The molecule has 0 spiro atoms. The first-order valence-electron chi connectivity index (χ1n) is 7.16. The number of allylic oxidation sites excluding steroid dienone is 1. The van der Waals surface area contributed by atoms with Crippen LogP contribution in [0.15, 0.2) is 42.6 Å². The molecule has 0 aliphatic rings. The zero-order valence-electron chi connectivity index (χ0n) is 12.3. The first-order chi connectivity index (χ1) is 10.2. The van der Waals surface area contributed by atoms with Crippen molar-refractivity contribution in [2.75, 3.05) is 0 Å². The fourth-order valence-corrected chi connectivity index (χ4v) is 2.85. The quantitative estimate of drug-likeness (QED) is 0.443. The van der Waals surface area contributed by atoms with Gasteiger partial charge in [0.05, 0.1) is 0 Å². The Balaban J connectivity index is 2.04. The fraction of sp³-hybridized carbons (Fsp3) is 0.294. The van der Waals surface area contributed by atoms with E-state index in [1.165, 1.54) is 11.0 Å². The number of ether oxygens (including phenoxy) is 1. The van der Waals surface area contributed by atoms with Crippen LogP contribution in [0, 0.1) is 0 Å². The molecule has 0 fully saturated rings. The van der Waals surface area contributed by atoms with Crippen LogP contribution in [-0.2, 0) is 11.2 Å². The summed E-state index contributed by atoms with van der Waals surface area (Å²) >= 11 is 1.71. The van der Waals surface area contributed by atoms with E-state index in [9.17, 15) is 4.79 Å².